The second kappa shape index (κ2) is 8.58. The lowest BCUT2D eigenvalue weighted by molar-refractivity contribution is 0.0730. The van der Waals surface area contributed by atoms with E-state index in [0.29, 0.717) is 32.7 Å². The van der Waals surface area contributed by atoms with E-state index in [9.17, 15) is 18.4 Å². The summed E-state index contributed by atoms with van der Waals surface area (Å²) in [6.07, 6.45) is 1.70. The highest BCUT2D eigenvalue weighted by Crippen LogP contribution is 2.22. The predicted molar refractivity (Wildman–Crippen MR) is 87.1 cm³/mol. The van der Waals surface area contributed by atoms with Gasteiger partial charge >= 0.3 is 6.03 Å². The summed E-state index contributed by atoms with van der Waals surface area (Å²) in [6.45, 7) is 4.55. The molecule has 0 aliphatic carbocycles. The molecule has 1 fully saturated rings. The van der Waals surface area contributed by atoms with Gasteiger partial charge in [-0.3, -0.25) is 4.79 Å². The monoisotopic (exact) mass is 340 g/mol. The van der Waals surface area contributed by atoms with Crippen molar-refractivity contribution in [3.05, 3.63) is 29.3 Å². The Morgan fingerprint density at radius 3 is 2.58 bits per heavy atom. The summed E-state index contributed by atoms with van der Waals surface area (Å²) < 4.78 is 28.4. The van der Waals surface area contributed by atoms with Gasteiger partial charge in [0.2, 0.25) is 0 Å². The molecule has 0 spiro atoms. The molecular formula is C16H22F2N4O2. The molecule has 1 aromatic rings. The van der Waals surface area contributed by atoms with Gasteiger partial charge in [0.05, 0.1) is 11.3 Å². The SMILES string of the molecule is CCCCNC(=O)Nc1ccc(C(=O)N2CCNCC2)c(F)c1F. The van der Waals surface area contributed by atoms with E-state index in [1.807, 2.05) is 6.92 Å². The van der Waals surface area contributed by atoms with Crippen LogP contribution in [0.1, 0.15) is 30.1 Å². The number of nitrogens with zero attached hydrogens (tertiary/aromatic N) is 1. The molecule has 3 N–H and O–H groups in total. The summed E-state index contributed by atoms with van der Waals surface area (Å²) in [6, 6.07) is 1.79. The highest BCUT2D eigenvalue weighted by molar-refractivity contribution is 5.96. The highest BCUT2D eigenvalue weighted by Gasteiger charge is 2.24. The number of rotatable bonds is 5. The molecule has 1 aromatic carbocycles. The Morgan fingerprint density at radius 1 is 1.21 bits per heavy atom. The number of hydrogen-bond acceptors (Lipinski definition) is 3. The second-order valence-corrected chi connectivity index (χ2v) is 5.57. The Hall–Kier alpha value is -2.22. The topological polar surface area (TPSA) is 73.5 Å². The fraction of sp³-hybridized carbons (Fsp3) is 0.500. The molecule has 1 aliphatic rings. The van der Waals surface area contributed by atoms with Crippen molar-refractivity contribution in [2.75, 3.05) is 38.0 Å². The molecule has 1 aliphatic heterocycles. The molecule has 0 unspecified atom stereocenters. The van der Waals surface area contributed by atoms with Crippen LogP contribution in [0.5, 0.6) is 0 Å². The standard InChI is InChI=1S/C16H22F2N4O2/c1-2-3-6-20-16(24)21-12-5-4-11(13(17)14(12)18)15(23)22-9-7-19-8-10-22/h4-5,19H,2-3,6-10H2,1H3,(H2,20,21,24). The minimum Gasteiger partial charge on any atom is -0.338 e. The number of benzene rings is 1. The largest absolute Gasteiger partial charge is 0.338 e. The predicted octanol–water partition coefficient (Wildman–Crippen LogP) is 1.93. The third kappa shape index (κ3) is 4.41. The first-order valence-corrected chi connectivity index (χ1v) is 8.07. The van der Waals surface area contributed by atoms with Crippen molar-refractivity contribution in [2.45, 2.75) is 19.8 Å². The zero-order valence-electron chi connectivity index (χ0n) is 13.6. The van der Waals surface area contributed by atoms with Gasteiger partial charge in [0.1, 0.15) is 0 Å². The molecule has 3 amide bonds. The van der Waals surface area contributed by atoms with E-state index in [4.69, 9.17) is 0 Å². The lowest BCUT2D eigenvalue weighted by Crippen LogP contribution is -2.46. The van der Waals surface area contributed by atoms with Crippen LogP contribution < -0.4 is 16.0 Å². The van der Waals surface area contributed by atoms with Gasteiger partial charge in [0, 0.05) is 32.7 Å². The van der Waals surface area contributed by atoms with Crippen molar-refractivity contribution < 1.29 is 18.4 Å². The van der Waals surface area contributed by atoms with Crippen molar-refractivity contribution in [1.29, 1.82) is 0 Å². The van der Waals surface area contributed by atoms with Gasteiger partial charge in [0.15, 0.2) is 11.6 Å². The Labute approximate surface area is 139 Å². The molecule has 132 valence electrons. The van der Waals surface area contributed by atoms with Gasteiger partial charge in [-0.15, -0.1) is 0 Å². The van der Waals surface area contributed by atoms with Crippen molar-refractivity contribution >= 4 is 17.6 Å². The first kappa shape index (κ1) is 18.1. The van der Waals surface area contributed by atoms with E-state index in [2.05, 4.69) is 16.0 Å². The van der Waals surface area contributed by atoms with Gasteiger partial charge in [-0.25, -0.2) is 13.6 Å². The van der Waals surface area contributed by atoms with Crippen LogP contribution >= 0.6 is 0 Å². The Balaban J connectivity index is 2.07. The maximum atomic E-state index is 14.2. The van der Waals surface area contributed by atoms with E-state index in [1.54, 1.807) is 0 Å². The highest BCUT2D eigenvalue weighted by atomic mass is 19.2. The number of amides is 3. The van der Waals surface area contributed by atoms with Gasteiger partial charge in [-0.1, -0.05) is 13.3 Å². The number of urea groups is 1. The van der Waals surface area contributed by atoms with Gasteiger partial charge < -0.3 is 20.9 Å². The summed E-state index contributed by atoms with van der Waals surface area (Å²) in [4.78, 5) is 25.4. The van der Waals surface area contributed by atoms with Crippen LogP contribution in [0.4, 0.5) is 19.3 Å². The van der Waals surface area contributed by atoms with Crippen molar-refractivity contribution in [2.24, 2.45) is 0 Å². The average Bonchev–Trinajstić information content (AvgIpc) is 2.59. The molecule has 0 aromatic heterocycles. The molecule has 0 bridgehead atoms. The van der Waals surface area contributed by atoms with Gasteiger partial charge in [-0.05, 0) is 18.6 Å². The number of hydrogen-bond donors (Lipinski definition) is 3. The molecule has 0 saturated carbocycles. The molecule has 6 nitrogen and oxygen atoms in total. The zero-order valence-corrected chi connectivity index (χ0v) is 13.6. The van der Waals surface area contributed by atoms with Crippen LogP contribution in [0.15, 0.2) is 12.1 Å². The summed E-state index contributed by atoms with van der Waals surface area (Å²) in [7, 11) is 0. The van der Waals surface area contributed by atoms with E-state index in [0.717, 1.165) is 12.8 Å². The molecule has 24 heavy (non-hydrogen) atoms. The van der Waals surface area contributed by atoms with Crippen LogP contribution in [-0.4, -0.2) is 49.6 Å². The number of nitrogens with one attached hydrogen (secondary N) is 3. The lowest BCUT2D eigenvalue weighted by Gasteiger charge is -2.27. The van der Waals surface area contributed by atoms with Crippen molar-refractivity contribution in [1.82, 2.24) is 15.5 Å². The minimum absolute atomic E-state index is 0.293. The van der Waals surface area contributed by atoms with E-state index < -0.39 is 23.6 Å². The molecular weight excluding hydrogens is 318 g/mol. The number of carbonyl (C=O) groups is 2. The normalized spacial score (nSPS) is 14.4. The summed E-state index contributed by atoms with van der Waals surface area (Å²) in [5.74, 6) is -3.03. The third-order valence-corrected chi connectivity index (χ3v) is 3.78. The van der Waals surface area contributed by atoms with E-state index >= 15 is 0 Å². The van der Waals surface area contributed by atoms with Crippen LogP contribution in [0.2, 0.25) is 0 Å². The molecule has 0 radical (unpaired) electrons. The number of carbonyl (C=O) groups excluding carboxylic acids is 2. The molecule has 8 heteroatoms. The smallest absolute Gasteiger partial charge is 0.319 e. The quantitative estimate of drug-likeness (QED) is 0.717. The molecule has 1 saturated heterocycles. The van der Waals surface area contributed by atoms with Crippen LogP contribution in [0.3, 0.4) is 0 Å². The van der Waals surface area contributed by atoms with Crippen LogP contribution in [0.25, 0.3) is 0 Å². The maximum Gasteiger partial charge on any atom is 0.319 e. The lowest BCUT2D eigenvalue weighted by atomic mass is 10.1. The number of piperazine rings is 1. The van der Waals surface area contributed by atoms with E-state index in [-0.39, 0.29) is 11.3 Å². The van der Waals surface area contributed by atoms with Gasteiger partial charge in [0.25, 0.3) is 5.91 Å². The van der Waals surface area contributed by atoms with Crippen LogP contribution in [-0.2, 0) is 0 Å². The molecule has 0 atom stereocenters. The first-order chi connectivity index (χ1) is 11.5. The number of anilines is 1. The summed E-state index contributed by atoms with van der Waals surface area (Å²) >= 11 is 0. The molecule has 2 rings (SSSR count). The second-order valence-electron chi connectivity index (χ2n) is 5.57. The first-order valence-electron chi connectivity index (χ1n) is 8.07. The molecule has 1 heterocycles. The Bertz CT molecular complexity index is 604. The summed E-state index contributed by atoms with van der Waals surface area (Å²) in [5, 5.41) is 7.88. The number of unbranched alkanes of at least 4 members (excludes halogenated alkanes) is 1. The maximum absolute atomic E-state index is 14.2. The van der Waals surface area contributed by atoms with Crippen LogP contribution in [0, 0.1) is 11.6 Å². The minimum atomic E-state index is -1.25. The third-order valence-electron chi connectivity index (χ3n) is 3.78. The number of halogens is 2. The van der Waals surface area contributed by atoms with E-state index in [1.165, 1.54) is 17.0 Å². The zero-order chi connectivity index (χ0) is 17.5. The fourth-order valence-electron chi connectivity index (χ4n) is 2.39. The van der Waals surface area contributed by atoms with Crippen molar-refractivity contribution in [3.63, 3.8) is 0 Å². The Kier molecular flexibility index (Phi) is 6.48. The Morgan fingerprint density at radius 2 is 1.92 bits per heavy atom. The average molecular weight is 340 g/mol. The summed E-state index contributed by atoms with van der Waals surface area (Å²) in [5.41, 5.74) is -0.621. The van der Waals surface area contributed by atoms with Gasteiger partial charge in [-0.2, -0.15) is 0 Å². The van der Waals surface area contributed by atoms with Crippen molar-refractivity contribution in [3.8, 4) is 0 Å². The fourth-order valence-corrected chi connectivity index (χ4v) is 2.39.